The van der Waals surface area contributed by atoms with Crippen LogP contribution in [0.4, 0.5) is 0 Å². The highest BCUT2D eigenvalue weighted by Crippen LogP contribution is 2.27. The molecule has 25 heavy (non-hydrogen) atoms. The molecular weight excluding hydrogens is 354 g/mol. The number of benzene rings is 2. The lowest BCUT2D eigenvalue weighted by atomic mass is 10.1. The van der Waals surface area contributed by atoms with Gasteiger partial charge in [-0.1, -0.05) is 56.3 Å². The van der Waals surface area contributed by atoms with Gasteiger partial charge in [0, 0.05) is 0 Å². The maximum Gasteiger partial charge on any atom is 0.210 e. The van der Waals surface area contributed by atoms with E-state index in [1.807, 2.05) is 68.4 Å². The van der Waals surface area contributed by atoms with E-state index < -0.39 is 9.84 Å². The van der Waals surface area contributed by atoms with Gasteiger partial charge in [0.25, 0.3) is 0 Å². The van der Waals surface area contributed by atoms with Crippen molar-refractivity contribution >= 4 is 31.4 Å². The van der Waals surface area contributed by atoms with Gasteiger partial charge in [-0.05, 0) is 23.6 Å². The van der Waals surface area contributed by atoms with Crippen molar-refractivity contribution in [2.75, 3.05) is 5.75 Å². The van der Waals surface area contributed by atoms with E-state index in [0.717, 1.165) is 15.8 Å². The minimum absolute atomic E-state index is 0.0582. The topological polar surface area (TPSA) is 56.3 Å². The molecule has 0 aliphatic carbocycles. The van der Waals surface area contributed by atoms with Crippen LogP contribution in [0.3, 0.4) is 0 Å². The van der Waals surface area contributed by atoms with Gasteiger partial charge in [-0.3, -0.25) is 0 Å². The largest absolute Gasteiger partial charge is 0.372 e. The van der Waals surface area contributed by atoms with Crippen molar-refractivity contribution in [2.45, 2.75) is 30.9 Å². The lowest BCUT2D eigenvalue weighted by Crippen LogP contribution is -2.29. The van der Waals surface area contributed by atoms with Gasteiger partial charge in [-0.25, -0.2) is 13.4 Å². The summed E-state index contributed by atoms with van der Waals surface area (Å²) >= 11 is 1.22. The van der Waals surface area contributed by atoms with Crippen LogP contribution in [0.5, 0.6) is 0 Å². The summed E-state index contributed by atoms with van der Waals surface area (Å²) in [6, 6.07) is 17.2. The molecule has 0 saturated heterocycles. The van der Waals surface area contributed by atoms with Crippen LogP contribution in [0.2, 0.25) is 0 Å². The molecule has 6 heteroatoms. The third-order valence-electron chi connectivity index (χ3n) is 3.97. The number of nitrogens with zero attached hydrogens (tertiary/aromatic N) is 1. The van der Waals surface area contributed by atoms with Gasteiger partial charge in [-0.2, -0.15) is 0 Å². The SMILES string of the molecule is CC(C)[C@@H](CS(=O)(=O)c1nc2ccccc2s1)OCc1ccccc1. The van der Waals surface area contributed by atoms with Gasteiger partial charge >= 0.3 is 0 Å². The number of hydrogen-bond donors (Lipinski definition) is 0. The zero-order valence-corrected chi connectivity index (χ0v) is 15.9. The number of fused-ring (bicyclic) bond motifs is 1. The third kappa shape index (κ3) is 4.45. The molecule has 3 aromatic rings. The lowest BCUT2D eigenvalue weighted by Gasteiger charge is -2.21. The van der Waals surface area contributed by atoms with E-state index in [-0.39, 0.29) is 22.1 Å². The third-order valence-corrected chi connectivity index (χ3v) is 7.21. The Morgan fingerprint density at radius 1 is 1.04 bits per heavy atom. The van der Waals surface area contributed by atoms with Crippen molar-refractivity contribution in [1.29, 1.82) is 0 Å². The van der Waals surface area contributed by atoms with E-state index in [1.165, 1.54) is 11.3 Å². The minimum Gasteiger partial charge on any atom is -0.372 e. The molecule has 0 fully saturated rings. The zero-order valence-electron chi connectivity index (χ0n) is 14.3. The average molecular weight is 376 g/mol. The maximum absolute atomic E-state index is 12.8. The number of sulfone groups is 1. The predicted molar refractivity (Wildman–Crippen MR) is 102 cm³/mol. The maximum atomic E-state index is 12.8. The Labute approximate surface area is 152 Å². The summed E-state index contributed by atoms with van der Waals surface area (Å²) in [6.07, 6.45) is -0.378. The summed E-state index contributed by atoms with van der Waals surface area (Å²) in [5.74, 6) is 0.0324. The highest BCUT2D eigenvalue weighted by molar-refractivity contribution is 7.93. The molecule has 1 atom stereocenters. The van der Waals surface area contributed by atoms with Gasteiger partial charge in [0.1, 0.15) is 0 Å². The molecule has 0 N–H and O–H groups in total. The Hall–Kier alpha value is -1.76. The molecule has 132 valence electrons. The first-order chi connectivity index (χ1) is 12.0. The quantitative estimate of drug-likeness (QED) is 0.617. The van der Waals surface area contributed by atoms with E-state index in [2.05, 4.69) is 4.98 Å². The van der Waals surface area contributed by atoms with Crippen LogP contribution in [-0.2, 0) is 21.2 Å². The van der Waals surface area contributed by atoms with E-state index in [9.17, 15) is 8.42 Å². The molecule has 0 spiro atoms. The monoisotopic (exact) mass is 375 g/mol. The number of hydrogen-bond acceptors (Lipinski definition) is 5. The van der Waals surface area contributed by atoms with Crippen molar-refractivity contribution in [3.05, 3.63) is 60.2 Å². The molecular formula is C19H21NO3S2. The molecule has 0 aliphatic rings. The average Bonchev–Trinajstić information content (AvgIpc) is 3.04. The van der Waals surface area contributed by atoms with Crippen molar-refractivity contribution in [2.24, 2.45) is 5.92 Å². The fourth-order valence-electron chi connectivity index (χ4n) is 2.48. The first kappa shape index (κ1) is 18.0. The van der Waals surface area contributed by atoms with Crippen LogP contribution in [0, 0.1) is 5.92 Å². The van der Waals surface area contributed by atoms with Gasteiger partial charge in [0.2, 0.25) is 14.2 Å². The van der Waals surface area contributed by atoms with Crippen molar-refractivity contribution in [1.82, 2.24) is 4.98 Å². The van der Waals surface area contributed by atoms with Gasteiger partial charge in [0.15, 0.2) is 0 Å². The summed E-state index contributed by atoms with van der Waals surface area (Å²) < 4.78 is 32.6. The second kappa shape index (κ2) is 7.64. The molecule has 2 aromatic carbocycles. The van der Waals surface area contributed by atoms with Crippen LogP contribution in [0.1, 0.15) is 19.4 Å². The molecule has 0 bridgehead atoms. The zero-order chi connectivity index (χ0) is 17.9. The Balaban J connectivity index is 1.76. The summed E-state index contributed by atoms with van der Waals surface area (Å²) in [6.45, 7) is 4.35. The molecule has 3 rings (SSSR count). The molecule has 0 amide bonds. The summed E-state index contributed by atoms with van der Waals surface area (Å²) in [7, 11) is -3.49. The molecule has 0 unspecified atom stereocenters. The summed E-state index contributed by atoms with van der Waals surface area (Å²) in [5, 5.41) is 0. The fourth-order valence-corrected chi connectivity index (χ4v) is 5.45. The van der Waals surface area contributed by atoms with E-state index in [4.69, 9.17) is 4.74 Å². The van der Waals surface area contributed by atoms with Crippen molar-refractivity contribution in [3.63, 3.8) is 0 Å². The summed E-state index contributed by atoms with van der Waals surface area (Å²) in [5.41, 5.74) is 1.75. The van der Waals surface area contributed by atoms with Gasteiger partial charge < -0.3 is 4.74 Å². The minimum atomic E-state index is -3.49. The molecule has 0 saturated carbocycles. The van der Waals surface area contributed by atoms with E-state index in [1.54, 1.807) is 0 Å². The number of aromatic nitrogens is 1. The molecule has 0 aliphatic heterocycles. The van der Waals surface area contributed by atoms with Crippen LogP contribution in [0.25, 0.3) is 10.2 Å². The highest BCUT2D eigenvalue weighted by atomic mass is 32.2. The standard InChI is InChI=1S/C19H21NO3S2/c1-14(2)17(23-12-15-8-4-3-5-9-15)13-25(21,22)19-20-16-10-6-7-11-18(16)24-19/h3-11,14,17H,12-13H2,1-2H3/t17-/m1/s1. The number of para-hydroxylation sites is 1. The smallest absolute Gasteiger partial charge is 0.210 e. The fraction of sp³-hybridized carbons (Fsp3) is 0.316. The Kier molecular flexibility index (Phi) is 5.51. The van der Waals surface area contributed by atoms with E-state index in [0.29, 0.717) is 6.61 Å². The number of thiazole rings is 1. The van der Waals surface area contributed by atoms with E-state index >= 15 is 0 Å². The Bertz CT molecular complexity index is 900. The normalized spacial score (nSPS) is 13.4. The van der Waals surface area contributed by atoms with Crippen LogP contribution in [-0.4, -0.2) is 25.3 Å². The molecule has 4 nitrogen and oxygen atoms in total. The molecule has 1 heterocycles. The highest BCUT2D eigenvalue weighted by Gasteiger charge is 2.27. The predicted octanol–water partition coefficient (Wildman–Crippen LogP) is 4.31. The first-order valence-corrected chi connectivity index (χ1v) is 10.7. The lowest BCUT2D eigenvalue weighted by molar-refractivity contribution is 0.0256. The number of rotatable bonds is 7. The second-order valence-corrected chi connectivity index (χ2v) is 9.55. The van der Waals surface area contributed by atoms with Crippen molar-refractivity contribution < 1.29 is 13.2 Å². The van der Waals surface area contributed by atoms with Crippen molar-refractivity contribution in [3.8, 4) is 0 Å². The van der Waals surface area contributed by atoms with Crippen LogP contribution < -0.4 is 0 Å². The van der Waals surface area contributed by atoms with Crippen LogP contribution in [0.15, 0.2) is 58.9 Å². The van der Waals surface area contributed by atoms with Gasteiger partial charge in [0.05, 0.1) is 28.7 Å². The van der Waals surface area contributed by atoms with Crippen LogP contribution >= 0.6 is 11.3 Å². The number of ether oxygens (including phenoxy) is 1. The Morgan fingerprint density at radius 3 is 2.40 bits per heavy atom. The Morgan fingerprint density at radius 2 is 1.72 bits per heavy atom. The molecule has 1 aromatic heterocycles. The molecule has 0 radical (unpaired) electrons. The summed E-state index contributed by atoms with van der Waals surface area (Å²) in [4.78, 5) is 4.29. The second-order valence-electron chi connectivity index (χ2n) is 6.31. The van der Waals surface area contributed by atoms with Gasteiger partial charge in [-0.15, -0.1) is 11.3 Å². The first-order valence-electron chi connectivity index (χ1n) is 8.19.